The molecule has 0 saturated carbocycles. The van der Waals surface area contributed by atoms with Crippen LogP contribution in [0.25, 0.3) is 0 Å². The molecule has 102 valence electrons. The number of rotatable bonds is 3. The Morgan fingerprint density at radius 2 is 1.95 bits per heavy atom. The summed E-state index contributed by atoms with van der Waals surface area (Å²) in [5.41, 5.74) is 8.32. The van der Waals surface area contributed by atoms with Crippen molar-refractivity contribution in [1.29, 1.82) is 0 Å². The zero-order chi connectivity index (χ0) is 14.2. The molecule has 1 heterocycles. The van der Waals surface area contributed by atoms with Crippen LogP contribution in [0.3, 0.4) is 0 Å². The number of nitrogens with zero attached hydrogens (tertiary/aromatic N) is 2. The van der Waals surface area contributed by atoms with Gasteiger partial charge in [-0.25, -0.2) is 4.68 Å². The van der Waals surface area contributed by atoms with Crippen LogP contribution in [-0.2, 0) is 0 Å². The van der Waals surface area contributed by atoms with E-state index in [0.29, 0.717) is 15.7 Å². The minimum Gasteiger partial charge on any atom is -0.394 e. The van der Waals surface area contributed by atoms with Crippen molar-refractivity contribution in [3.05, 3.63) is 33.9 Å². The van der Waals surface area contributed by atoms with E-state index < -0.39 is 0 Å². The lowest BCUT2D eigenvalue weighted by Gasteiger charge is -2.13. The van der Waals surface area contributed by atoms with E-state index in [1.54, 1.807) is 12.1 Å². The number of nitrogens with one attached hydrogen (secondary N) is 1. The molecule has 2 rings (SSSR count). The normalized spacial score (nSPS) is 11.1. The molecule has 0 unspecified atom stereocenters. The Hall–Kier alpha value is -1.39. The number of anilines is 3. The van der Waals surface area contributed by atoms with Crippen molar-refractivity contribution in [3.63, 3.8) is 0 Å². The fourth-order valence-corrected chi connectivity index (χ4v) is 2.07. The summed E-state index contributed by atoms with van der Waals surface area (Å²) < 4.78 is 1.85. The van der Waals surface area contributed by atoms with E-state index in [-0.39, 0.29) is 6.04 Å². The highest BCUT2D eigenvalue weighted by Crippen LogP contribution is 2.31. The zero-order valence-electron chi connectivity index (χ0n) is 11.0. The first-order chi connectivity index (χ1) is 8.90. The lowest BCUT2D eigenvalue weighted by Crippen LogP contribution is -2.08. The van der Waals surface area contributed by atoms with E-state index in [0.717, 1.165) is 17.2 Å². The summed E-state index contributed by atoms with van der Waals surface area (Å²) in [4.78, 5) is 0. The number of aromatic nitrogens is 2. The molecule has 0 atom stereocenters. The highest BCUT2D eigenvalue weighted by Gasteiger charge is 2.15. The molecular weight excluding hydrogens is 283 g/mol. The van der Waals surface area contributed by atoms with Gasteiger partial charge < -0.3 is 11.1 Å². The Morgan fingerprint density at radius 1 is 1.26 bits per heavy atom. The molecule has 6 heteroatoms. The van der Waals surface area contributed by atoms with Gasteiger partial charge in [0.05, 0.1) is 21.4 Å². The fourth-order valence-electron chi connectivity index (χ4n) is 1.77. The van der Waals surface area contributed by atoms with Crippen molar-refractivity contribution in [1.82, 2.24) is 9.78 Å². The first-order valence-corrected chi connectivity index (χ1v) is 6.72. The predicted octanol–water partition coefficient (Wildman–Crippen LogP) is 4.41. The number of aryl methyl sites for hydroxylation is 1. The van der Waals surface area contributed by atoms with Gasteiger partial charge in [-0.1, -0.05) is 23.2 Å². The zero-order valence-corrected chi connectivity index (χ0v) is 12.5. The van der Waals surface area contributed by atoms with Gasteiger partial charge in [0, 0.05) is 11.7 Å². The summed E-state index contributed by atoms with van der Waals surface area (Å²) >= 11 is 11.9. The summed E-state index contributed by atoms with van der Waals surface area (Å²) in [7, 11) is 0. The summed E-state index contributed by atoms with van der Waals surface area (Å²) in [5, 5.41) is 8.68. The van der Waals surface area contributed by atoms with Gasteiger partial charge in [0.2, 0.25) is 0 Å². The van der Waals surface area contributed by atoms with Gasteiger partial charge in [-0.05, 0) is 39.0 Å². The third-order valence-electron chi connectivity index (χ3n) is 2.80. The molecule has 0 aliphatic carbocycles. The molecule has 2 aromatic rings. The summed E-state index contributed by atoms with van der Waals surface area (Å²) in [6.45, 7) is 5.98. The number of hydrogen-bond acceptors (Lipinski definition) is 3. The van der Waals surface area contributed by atoms with E-state index in [4.69, 9.17) is 28.9 Å². The molecule has 0 saturated heterocycles. The van der Waals surface area contributed by atoms with Crippen molar-refractivity contribution >= 4 is 40.4 Å². The second kappa shape index (κ2) is 5.31. The molecule has 0 aliphatic heterocycles. The van der Waals surface area contributed by atoms with Crippen LogP contribution in [0.2, 0.25) is 10.0 Å². The highest BCUT2D eigenvalue weighted by molar-refractivity contribution is 6.42. The maximum absolute atomic E-state index is 6.05. The Balaban J connectivity index is 2.40. The van der Waals surface area contributed by atoms with Crippen LogP contribution >= 0.6 is 23.2 Å². The number of nitrogens with two attached hydrogens (primary N) is 1. The number of hydrogen-bond donors (Lipinski definition) is 2. The predicted molar refractivity (Wildman–Crippen MR) is 81.5 cm³/mol. The van der Waals surface area contributed by atoms with E-state index >= 15 is 0 Å². The van der Waals surface area contributed by atoms with Gasteiger partial charge in [-0.15, -0.1) is 0 Å². The fraction of sp³-hybridized carbons (Fsp3) is 0.308. The molecular formula is C13H16Cl2N4. The van der Waals surface area contributed by atoms with Crippen LogP contribution in [0.5, 0.6) is 0 Å². The summed E-state index contributed by atoms with van der Waals surface area (Å²) in [6.07, 6.45) is 0. The number of halogens is 2. The Labute approximate surface area is 122 Å². The SMILES string of the molecule is Cc1nn(C(C)C)c(Nc2ccc(Cl)c(Cl)c2)c1N. The molecule has 0 spiro atoms. The lowest BCUT2D eigenvalue weighted by atomic mass is 10.3. The number of nitrogen functional groups attached to an aromatic ring is 1. The van der Waals surface area contributed by atoms with Crippen molar-refractivity contribution in [2.45, 2.75) is 26.8 Å². The van der Waals surface area contributed by atoms with E-state index in [1.165, 1.54) is 0 Å². The van der Waals surface area contributed by atoms with Crippen LogP contribution < -0.4 is 11.1 Å². The average Bonchev–Trinajstić information content (AvgIpc) is 2.62. The second-order valence-electron chi connectivity index (χ2n) is 4.64. The average molecular weight is 299 g/mol. The van der Waals surface area contributed by atoms with Gasteiger partial charge in [0.15, 0.2) is 5.82 Å². The Bertz CT molecular complexity index is 605. The molecule has 0 radical (unpaired) electrons. The molecule has 19 heavy (non-hydrogen) atoms. The third-order valence-corrected chi connectivity index (χ3v) is 3.54. The summed E-state index contributed by atoms with van der Waals surface area (Å²) in [6, 6.07) is 5.56. The molecule has 0 bridgehead atoms. The van der Waals surface area contributed by atoms with Gasteiger partial charge in [0.1, 0.15) is 0 Å². The van der Waals surface area contributed by atoms with Crippen molar-refractivity contribution in [2.75, 3.05) is 11.1 Å². The van der Waals surface area contributed by atoms with Crippen LogP contribution in [0.1, 0.15) is 25.6 Å². The second-order valence-corrected chi connectivity index (χ2v) is 5.45. The topological polar surface area (TPSA) is 55.9 Å². The van der Waals surface area contributed by atoms with E-state index in [2.05, 4.69) is 10.4 Å². The van der Waals surface area contributed by atoms with Crippen LogP contribution in [0.4, 0.5) is 17.2 Å². The molecule has 0 amide bonds. The first-order valence-electron chi connectivity index (χ1n) is 5.96. The summed E-state index contributed by atoms with van der Waals surface area (Å²) in [5.74, 6) is 0.769. The molecule has 1 aromatic heterocycles. The minimum atomic E-state index is 0.210. The van der Waals surface area contributed by atoms with Crippen molar-refractivity contribution in [3.8, 4) is 0 Å². The van der Waals surface area contributed by atoms with Crippen LogP contribution in [-0.4, -0.2) is 9.78 Å². The van der Waals surface area contributed by atoms with Gasteiger partial charge in [-0.3, -0.25) is 0 Å². The monoisotopic (exact) mass is 298 g/mol. The van der Waals surface area contributed by atoms with Crippen molar-refractivity contribution < 1.29 is 0 Å². The highest BCUT2D eigenvalue weighted by atomic mass is 35.5. The maximum atomic E-state index is 6.05. The van der Waals surface area contributed by atoms with E-state index in [9.17, 15) is 0 Å². The quantitative estimate of drug-likeness (QED) is 0.883. The molecule has 0 aliphatic rings. The van der Waals surface area contributed by atoms with Gasteiger partial charge in [-0.2, -0.15) is 5.10 Å². The van der Waals surface area contributed by atoms with Crippen molar-refractivity contribution in [2.24, 2.45) is 0 Å². The van der Waals surface area contributed by atoms with Crippen LogP contribution in [0, 0.1) is 6.92 Å². The Morgan fingerprint density at radius 3 is 2.53 bits per heavy atom. The first kappa shape index (κ1) is 14.0. The van der Waals surface area contributed by atoms with E-state index in [1.807, 2.05) is 31.5 Å². The largest absolute Gasteiger partial charge is 0.394 e. The minimum absolute atomic E-state index is 0.210. The van der Waals surface area contributed by atoms with Crippen LogP contribution in [0.15, 0.2) is 18.2 Å². The maximum Gasteiger partial charge on any atom is 0.152 e. The molecule has 0 fully saturated rings. The smallest absolute Gasteiger partial charge is 0.152 e. The molecule has 1 aromatic carbocycles. The number of benzene rings is 1. The lowest BCUT2D eigenvalue weighted by molar-refractivity contribution is 0.536. The molecule has 4 nitrogen and oxygen atoms in total. The Kier molecular flexibility index (Phi) is 3.92. The third kappa shape index (κ3) is 2.80. The van der Waals surface area contributed by atoms with Gasteiger partial charge in [0.25, 0.3) is 0 Å². The molecule has 3 N–H and O–H groups in total. The van der Waals surface area contributed by atoms with Gasteiger partial charge >= 0.3 is 0 Å². The standard InChI is InChI=1S/C13H16Cl2N4/c1-7(2)19-13(12(16)8(3)18-19)17-9-4-5-10(14)11(15)6-9/h4-7,17H,16H2,1-3H3.